The smallest absolute Gasteiger partial charge is 0.417 e. The van der Waals surface area contributed by atoms with E-state index in [1.807, 2.05) is 0 Å². The van der Waals surface area contributed by atoms with E-state index in [4.69, 9.17) is 73.0 Å². The summed E-state index contributed by atoms with van der Waals surface area (Å²) in [4.78, 5) is 290. The lowest BCUT2D eigenvalue weighted by Gasteiger charge is -2.44. The number of unbranched alkanes of at least 4 members (excludes halogenated alkanes) is 3. The van der Waals surface area contributed by atoms with Crippen LogP contribution >= 0.6 is 0 Å². The number of amides is 15. The van der Waals surface area contributed by atoms with Crippen LogP contribution in [-0.4, -0.2) is 322 Å². The van der Waals surface area contributed by atoms with Crippen molar-refractivity contribution in [3.05, 3.63) is 24.3 Å². The molecular weight excluding hydrogens is 1860 g/mol. The van der Waals surface area contributed by atoms with Crippen LogP contribution in [0.1, 0.15) is 227 Å². The molecule has 0 aromatic rings. The minimum absolute atomic E-state index is 0.0260. The molecule has 794 valence electrons. The molecule has 49 nitrogen and oxygen atoms in total. The molecule has 0 aliphatic carbocycles. The fraction of sp³-hybridized carbons (Fsp3) is 0.728. The number of fused-ring (bicyclic) bond motifs is 1. The van der Waals surface area contributed by atoms with Crippen LogP contribution in [0.4, 0.5) is 14.4 Å². The molecule has 4 aliphatic heterocycles. The monoisotopic (exact) mass is 2010 g/mol. The number of carbonyl (C=O) groups is 21. The minimum atomic E-state index is -1.95. The topological polar surface area (TPSA) is 669 Å². The van der Waals surface area contributed by atoms with Gasteiger partial charge < -0.3 is 136 Å². The average Bonchev–Trinajstić information content (AvgIpc) is 1.10. The molecule has 4 fully saturated rings. The number of carbonyl (C=O) groups excluding carboxylic acids is 21. The number of rotatable bonds is 46. The average molecular weight is 2010 g/mol. The molecule has 0 aromatic carbocycles. The van der Waals surface area contributed by atoms with Crippen LogP contribution in [0.2, 0.25) is 0 Å². The number of nitrogens with two attached hydrogens (primary N) is 2. The molecule has 0 aromatic heterocycles. The van der Waals surface area contributed by atoms with Gasteiger partial charge >= 0.3 is 54.1 Å². The van der Waals surface area contributed by atoms with Gasteiger partial charge in [-0.25, -0.2) is 19.3 Å². The molecule has 141 heavy (non-hydrogen) atoms. The van der Waals surface area contributed by atoms with Gasteiger partial charge in [0.15, 0.2) is 37.0 Å². The first-order valence-electron chi connectivity index (χ1n) is 47.5. The molecule has 4 saturated heterocycles. The third-order valence-electron chi connectivity index (χ3n) is 22.1. The Balaban J connectivity index is 1.77. The maximum atomic E-state index is 15.9. The van der Waals surface area contributed by atoms with E-state index in [2.05, 4.69) is 58.5 Å². The van der Waals surface area contributed by atoms with Crippen LogP contribution < -0.4 is 70.0 Å². The van der Waals surface area contributed by atoms with E-state index in [-0.39, 0.29) is 161 Å². The van der Waals surface area contributed by atoms with Gasteiger partial charge in [-0.15, -0.1) is 0 Å². The van der Waals surface area contributed by atoms with Crippen molar-refractivity contribution in [1.82, 2.24) is 68.3 Å². The summed E-state index contributed by atoms with van der Waals surface area (Å²) in [5, 5.41) is 29.4. The first-order chi connectivity index (χ1) is 66.4. The molecule has 15 N–H and O–H groups in total. The van der Waals surface area contributed by atoms with Gasteiger partial charge in [0, 0.05) is 94.4 Å². The summed E-state index contributed by atoms with van der Waals surface area (Å²) >= 11 is 0. The van der Waals surface area contributed by atoms with E-state index in [1.54, 1.807) is 41.5 Å². The van der Waals surface area contributed by atoms with Crippen LogP contribution in [0.3, 0.4) is 0 Å². The molecule has 4 aliphatic rings. The lowest BCUT2D eigenvalue weighted by atomic mass is 9.96. The minimum Gasteiger partial charge on any atom is -0.463 e. The second-order valence-electron chi connectivity index (χ2n) is 36.3. The summed E-state index contributed by atoms with van der Waals surface area (Å²) in [5.74, 6) is -16.9. The summed E-state index contributed by atoms with van der Waals surface area (Å²) in [6.07, 6.45) is -10.0. The number of alkyl carbamates (subject to hydrolysis) is 2. The van der Waals surface area contributed by atoms with Gasteiger partial charge in [-0.3, -0.25) is 86.3 Å². The molecule has 19 atom stereocenters. The summed E-state index contributed by atoms with van der Waals surface area (Å²) < 4.78 is 72.6. The molecule has 0 spiro atoms. The lowest BCUT2D eigenvalue weighted by Crippen LogP contribution is -2.66. The largest absolute Gasteiger partial charge is 0.463 e. The number of nitrogens with zero attached hydrogens (tertiary/aromatic N) is 2. The standard InChI is InChI=1S/C92H147N15O34/c1-18-52(6)72-84(123)101-62(31-21-24-39-97-90(127)132-45-28-26-43-130-88-74(99-54(8)109)78(138-60(14)115)76(136-58(12)113)69(140-88)49-134-56(10)111)80(119)104-65(47-51(4)5)85(124)106-41-29-33-66(106)82(121)100-61(30-20-23-38-96-89(126)131-44-27-25-42-129-87-73(98-53(7)108)77(137-59(13)114)75(135-57(11)112)68(139-87)48-133-55(9)110)79(118)103-64(46-50(2)3)81(120)102-63(34-35-71(117)95-40-36-70(94)116)86(125)107(91(128)141-92(15,16)17)67(83(122)105-72)32-19-22-37-93/h25-28,50-52,61-69,72-78,87-88H,18-24,29-49,93H2,1-17H3,(H2,94,116)(H,95,117)(H,96,126)(H,97,127)(H,98,108)(H,99,109)(H,100,121)(H,101,123)(H,102,120)(H,103,118)(H,104,119)(H,105,122)/b27-25-,28-26-/t52-,61+,62-,63-,64-,65-,66-,67-,68+,69+,72-,73+,74+,75+,76+,77+,78+,87+,88+/m0/s1. The van der Waals surface area contributed by atoms with Crippen molar-refractivity contribution in [3.8, 4) is 0 Å². The quantitative estimate of drug-likeness (QED) is 0.0169. The van der Waals surface area contributed by atoms with Gasteiger partial charge in [-0.1, -0.05) is 60.1 Å². The van der Waals surface area contributed by atoms with Crippen molar-refractivity contribution < 1.29 is 162 Å². The van der Waals surface area contributed by atoms with Gasteiger partial charge in [0.2, 0.25) is 65.0 Å². The zero-order valence-electron chi connectivity index (χ0n) is 83.7. The molecular formula is C92H147N15O34. The molecule has 0 saturated carbocycles. The van der Waals surface area contributed by atoms with E-state index in [0.29, 0.717) is 4.90 Å². The van der Waals surface area contributed by atoms with Gasteiger partial charge in [-0.05, 0) is 147 Å². The van der Waals surface area contributed by atoms with E-state index in [9.17, 15) is 57.5 Å². The number of hydrogen-bond acceptors (Lipinski definition) is 35. The van der Waals surface area contributed by atoms with E-state index in [1.165, 1.54) is 63.8 Å². The summed E-state index contributed by atoms with van der Waals surface area (Å²) in [6.45, 7) is 21.0. The van der Waals surface area contributed by atoms with Crippen molar-refractivity contribution >= 4 is 125 Å². The van der Waals surface area contributed by atoms with Gasteiger partial charge in [0.25, 0.3) is 5.91 Å². The third-order valence-corrected chi connectivity index (χ3v) is 22.1. The van der Waals surface area contributed by atoms with Crippen molar-refractivity contribution in [2.24, 2.45) is 29.2 Å². The molecule has 4 rings (SSSR count). The molecule has 4 heterocycles. The van der Waals surface area contributed by atoms with Crippen molar-refractivity contribution in [2.45, 2.75) is 342 Å². The number of ether oxygens (including phenoxy) is 13. The Kier molecular flexibility index (Phi) is 53.3. The summed E-state index contributed by atoms with van der Waals surface area (Å²) in [7, 11) is 0. The molecule has 49 heteroatoms. The van der Waals surface area contributed by atoms with Crippen LogP contribution in [0, 0.1) is 17.8 Å². The highest BCUT2D eigenvalue weighted by Gasteiger charge is 2.54. The van der Waals surface area contributed by atoms with Gasteiger partial charge in [-0.2, -0.15) is 0 Å². The molecule has 0 bridgehead atoms. The molecule has 0 radical (unpaired) electrons. The SMILES string of the molecule is CC[C@H](C)[C@@H]1NC(=O)[C@H](CCCCN)N(C(=O)OC(C)(C)C)C(=O)[C@H](CCC(=O)NCCC(N)=O)NC(=O)[C@H](CC(C)C)NC(=O)[C@@H](CCCCNC(=O)OC/C=C\CO[C@@H]2O[C@H](COC(C)=O)[C@@H](OC(C)=O)[C@H](OC(C)=O)[C@H]2NC(C)=O)NC(=O)[C@@H]2CCCN2C(=O)[C@H](CC(C)C)NC(=O)[C@H](CCCCNC(=O)OC/C=C\CO[C@@H]2O[C@H](COC(C)=O)[C@@H](OC(C)=O)[C@H](OC(C)=O)[C@H]2NC(C)=O)NC1=O. The second-order valence-corrected chi connectivity index (χ2v) is 36.3. The fourth-order valence-corrected chi connectivity index (χ4v) is 15.5. The number of imide groups is 1. The maximum absolute atomic E-state index is 15.9. The van der Waals surface area contributed by atoms with Crippen molar-refractivity contribution in [3.63, 3.8) is 0 Å². The van der Waals surface area contributed by atoms with Crippen LogP contribution in [0.15, 0.2) is 24.3 Å². The third kappa shape index (κ3) is 44.6. The number of nitrogens with one attached hydrogen (secondary N) is 11. The Morgan fingerprint density at radius 3 is 1.34 bits per heavy atom. The van der Waals surface area contributed by atoms with Crippen molar-refractivity contribution in [1.29, 1.82) is 0 Å². The van der Waals surface area contributed by atoms with Gasteiger partial charge in [0.1, 0.15) is 105 Å². The molecule has 0 unspecified atom stereocenters. The predicted octanol–water partition coefficient (Wildman–Crippen LogP) is 0.322. The van der Waals surface area contributed by atoms with Gasteiger partial charge in [0.05, 0.1) is 13.2 Å². The Labute approximate surface area is 820 Å². The summed E-state index contributed by atoms with van der Waals surface area (Å²) in [5.41, 5.74) is 9.95. The van der Waals surface area contributed by atoms with Crippen LogP contribution in [0.25, 0.3) is 0 Å². The normalized spacial score (nSPS) is 24.9. The molecule has 15 amide bonds. The predicted molar refractivity (Wildman–Crippen MR) is 495 cm³/mol. The van der Waals surface area contributed by atoms with Crippen LogP contribution in [-0.2, 0) is 148 Å². The maximum Gasteiger partial charge on any atom is 0.417 e. The van der Waals surface area contributed by atoms with Crippen molar-refractivity contribution in [2.75, 3.05) is 72.4 Å². The highest BCUT2D eigenvalue weighted by atomic mass is 16.7. The Hall–Kier alpha value is -12.2. The zero-order valence-corrected chi connectivity index (χ0v) is 83.7. The van der Waals surface area contributed by atoms with E-state index in [0.717, 1.165) is 41.5 Å². The Morgan fingerprint density at radius 2 is 0.901 bits per heavy atom. The number of hydrogen-bond donors (Lipinski definition) is 13. The van der Waals surface area contributed by atoms with E-state index >= 15 is 43.2 Å². The fourth-order valence-electron chi connectivity index (χ4n) is 15.5. The highest BCUT2D eigenvalue weighted by molar-refractivity contribution is 6.04. The first kappa shape index (κ1) is 121. The second kappa shape index (κ2) is 62.1. The Morgan fingerprint density at radius 1 is 0.468 bits per heavy atom. The number of primary amides is 1. The van der Waals surface area contributed by atoms with E-state index < -0.39 is 278 Å². The lowest BCUT2D eigenvalue weighted by molar-refractivity contribution is -0.275. The highest BCUT2D eigenvalue weighted by Crippen LogP contribution is 2.32. The summed E-state index contributed by atoms with van der Waals surface area (Å²) in [6, 6.07) is -15.4. The zero-order chi connectivity index (χ0) is 106. The number of esters is 6. The first-order valence-corrected chi connectivity index (χ1v) is 47.5. The Bertz CT molecular complexity index is 4300. The van der Waals surface area contributed by atoms with Crippen LogP contribution in [0.5, 0.6) is 0 Å².